The number of carbonyl (C=O) groups is 2. The summed E-state index contributed by atoms with van der Waals surface area (Å²) in [6.45, 7) is 1.07. The number of hydrogen-bond acceptors (Lipinski definition) is 4. The Hall–Kier alpha value is -2.55. The van der Waals surface area contributed by atoms with Crippen molar-refractivity contribution >= 4 is 22.9 Å². The first-order valence-corrected chi connectivity index (χ1v) is 11.8. The van der Waals surface area contributed by atoms with Crippen molar-refractivity contribution in [3.63, 3.8) is 0 Å². The summed E-state index contributed by atoms with van der Waals surface area (Å²) in [5.74, 6) is 0.0650. The van der Waals surface area contributed by atoms with Crippen LogP contribution in [-0.4, -0.2) is 61.9 Å². The standard InChI is InChI=1S/C23H27N3O4S/c27-21-17-25(22(28)24-21)14-8-16-31(30)26-15-7-13-20(26)23(29,18-9-3-1-4-10-18)19-11-5-2-6-12-19/h1-6,9-12,20,29H,7-8,13-17H2,(H,24,27,28). The van der Waals surface area contributed by atoms with Gasteiger partial charge in [-0.2, -0.15) is 0 Å². The normalized spacial score (nSPS) is 20.8. The minimum absolute atomic E-state index is 0.0551. The van der Waals surface area contributed by atoms with Crippen molar-refractivity contribution in [3.8, 4) is 0 Å². The van der Waals surface area contributed by atoms with Gasteiger partial charge in [0.1, 0.15) is 12.1 Å². The van der Waals surface area contributed by atoms with E-state index in [1.165, 1.54) is 4.90 Å². The molecule has 8 heteroatoms. The molecule has 7 nitrogen and oxygen atoms in total. The fraction of sp³-hybridized carbons (Fsp3) is 0.391. The molecule has 0 spiro atoms. The number of carbonyl (C=O) groups excluding carboxylic acids is 2. The molecule has 3 amide bonds. The smallest absolute Gasteiger partial charge is 0.324 e. The van der Waals surface area contributed by atoms with Crippen molar-refractivity contribution in [2.24, 2.45) is 0 Å². The Morgan fingerprint density at radius 1 is 1.03 bits per heavy atom. The van der Waals surface area contributed by atoms with Crippen LogP contribution in [0.15, 0.2) is 60.7 Å². The summed E-state index contributed by atoms with van der Waals surface area (Å²) >= 11 is 0. The predicted molar refractivity (Wildman–Crippen MR) is 118 cm³/mol. The molecule has 0 aliphatic carbocycles. The van der Waals surface area contributed by atoms with Crippen molar-refractivity contribution in [3.05, 3.63) is 71.8 Å². The van der Waals surface area contributed by atoms with Crippen LogP contribution >= 0.6 is 0 Å². The van der Waals surface area contributed by atoms with Crippen molar-refractivity contribution in [2.45, 2.75) is 30.9 Å². The van der Waals surface area contributed by atoms with E-state index < -0.39 is 22.6 Å². The molecule has 0 saturated carbocycles. The zero-order valence-corrected chi connectivity index (χ0v) is 18.1. The number of aliphatic hydroxyl groups is 1. The maximum absolute atomic E-state index is 13.2. The van der Waals surface area contributed by atoms with E-state index in [2.05, 4.69) is 5.32 Å². The first-order valence-electron chi connectivity index (χ1n) is 10.6. The summed E-state index contributed by atoms with van der Waals surface area (Å²) in [6, 6.07) is 18.4. The van der Waals surface area contributed by atoms with Gasteiger partial charge in [-0.25, -0.2) is 13.3 Å². The highest BCUT2D eigenvalue weighted by Gasteiger charge is 2.47. The van der Waals surface area contributed by atoms with Crippen LogP contribution in [0.2, 0.25) is 0 Å². The Kier molecular flexibility index (Phi) is 6.50. The van der Waals surface area contributed by atoms with Gasteiger partial charge in [-0.05, 0) is 30.4 Å². The molecule has 0 aromatic heterocycles. The molecule has 2 heterocycles. The maximum atomic E-state index is 13.2. The summed E-state index contributed by atoms with van der Waals surface area (Å²) in [5, 5.41) is 14.3. The summed E-state index contributed by atoms with van der Waals surface area (Å²) in [7, 11) is -1.31. The minimum atomic E-state index is -1.31. The van der Waals surface area contributed by atoms with Gasteiger partial charge in [-0.15, -0.1) is 0 Å². The van der Waals surface area contributed by atoms with Gasteiger partial charge in [-0.1, -0.05) is 60.7 Å². The number of nitrogens with one attached hydrogen (secondary N) is 1. The lowest BCUT2D eigenvalue weighted by atomic mass is 9.79. The highest BCUT2D eigenvalue weighted by atomic mass is 32.2. The summed E-state index contributed by atoms with van der Waals surface area (Å²) in [6.07, 6.45) is 2.10. The second-order valence-electron chi connectivity index (χ2n) is 7.95. The van der Waals surface area contributed by atoms with Crippen molar-refractivity contribution < 1.29 is 18.9 Å². The molecule has 0 radical (unpaired) electrons. The van der Waals surface area contributed by atoms with E-state index in [0.717, 1.165) is 24.0 Å². The predicted octanol–water partition coefficient (Wildman–Crippen LogP) is 1.99. The molecular weight excluding hydrogens is 414 g/mol. The van der Waals surface area contributed by atoms with Crippen LogP contribution < -0.4 is 5.32 Å². The third kappa shape index (κ3) is 4.42. The summed E-state index contributed by atoms with van der Waals surface area (Å²) < 4.78 is 15.1. The topological polar surface area (TPSA) is 90.0 Å². The van der Waals surface area contributed by atoms with Crippen molar-refractivity contribution in [1.29, 1.82) is 0 Å². The molecule has 2 aromatic rings. The first kappa shape index (κ1) is 21.7. The van der Waals surface area contributed by atoms with E-state index in [1.807, 2.05) is 65.0 Å². The monoisotopic (exact) mass is 441 g/mol. The number of imide groups is 1. The van der Waals surface area contributed by atoms with Crippen LogP contribution in [-0.2, 0) is 21.4 Å². The molecule has 4 rings (SSSR count). The van der Waals surface area contributed by atoms with Gasteiger partial charge in [0, 0.05) is 18.8 Å². The third-order valence-electron chi connectivity index (χ3n) is 5.99. The zero-order valence-electron chi connectivity index (χ0n) is 17.3. The molecule has 2 N–H and O–H groups in total. The van der Waals surface area contributed by atoms with Crippen LogP contribution in [0.4, 0.5) is 4.79 Å². The van der Waals surface area contributed by atoms with E-state index in [-0.39, 0.29) is 18.5 Å². The van der Waals surface area contributed by atoms with Crippen LogP contribution in [0.5, 0.6) is 0 Å². The van der Waals surface area contributed by atoms with Crippen molar-refractivity contribution in [2.75, 3.05) is 25.4 Å². The Morgan fingerprint density at radius 3 is 2.19 bits per heavy atom. The van der Waals surface area contributed by atoms with E-state index in [4.69, 9.17) is 0 Å². The first-order chi connectivity index (χ1) is 15.0. The van der Waals surface area contributed by atoms with Gasteiger partial charge in [0.25, 0.3) is 0 Å². The third-order valence-corrected chi connectivity index (χ3v) is 7.59. The van der Waals surface area contributed by atoms with E-state index >= 15 is 0 Å². The lowest BCUT2D eigenvalue weighted by Crippen LogP contribution is -2.49. The maximum Gasteiger partial charge on any atom is 0.324 e. The van der Waals surface area contributed by atoms with Gasteiger partial charge in [0.15, 0.2) is 0 Å². The number of urea groups is 1. The average molecular weight is 442 g/mol. The Morgan fingerprint density at radius 2 is 1.65 bits per heavy atom. The van der Waals surface area contributed by atoms with E-state index in [9.17, 15) is 18.9 Å². The molecule has 2 fully saturated rings. The van der Waals surface area contributed by atoms with Gasteiger partial charge in [0.05, 0.1) is 17.0 Å². The second-order valence-corrected chi connectivity index (χ2v) is 9.47. The highest BCUT2D eigenvalue weighted by Crippen LogP contribution is 2.40. The molecule has 2 aliphatic rings. The molecule has 2 unspecified atom stereocenters. The Balaban J connectivity index is 1.51. The summed E-state index contributed by atoms with van der Waals surface area (Å²) in [4.78, 5) is 24.4. The quantitative estimate of drug-likeness (QED) is 0.613. The molecule has 31 heavy (non-hydrogen) atoms. The minimum Gasteiger partial charge on any atom is -0.379 e. The fourth-order valence-electron chi connectivity index (χ4n) is 4.50. The van der Waals surface area contributed by atoms with Crippen LogP contribution in [0.25, 0.3) is 0 Å². The van der Waals surface area contributed by atoms with Crippen molar-refractivity contribution in [1.82, 2.24) is 14.5 Å². The molecule has 0 bridgehead atoms. The molecule has 2 aliphatic heterocycles. The van der Waals surface area contributed by atoms with Crippen LogP contribution in [0, 0.1) is 0 Å². The lowest BCUT2D eigenvalue weighted by molar-refractivity contribution is -0.118. The highest BCUT2D eigenvalue weighted by molar-refractivity contribution is 7.82. The van der Waals surface area contributed by atoms with Gasteiger partial charge < -0.3 is 10.0 Å². The summed E-state index contributed by atoms with van der Waals surface area (Å²) in [5.41, 5.74) is 0.278. The van der Waals surface area contributed by atoms with Gasteiger partial charge in [0.2, 0.25) is 5.91 Å². The number of rotatable bonds is 8. The van der Waals surface area contributed by atoms with Crippen LogP contribution in [0.1, 0.15) is 30.4 Å². The number of nitrogens with zero attached hydrogens (tertiary/aromatic N) is 2. The van der Waals surface area contributed by atoms with Gasteiger partial charge in [-0.3, -0.25) is 10.1 Å². The van der Waals surface area contributed by atoms with Gasteiger partial charge >= 0.3 is 6.03 Å². The number of hydrogen-bond donors (Lipinski definition) is 2. The largest absolute Gasteiger partial charge is 0.379 e. The number of benzene rings is 2. The molecule has 2 atom stereocenters. The Bertz CT molecular complexity index is 914. The van der Waals surface area contributed by atoms with E-state index in [0.29, 0.717) is 25.3 Å². The number of amides is 3. The van der Waals surface area contributed by atoms with E-state index in [1.54, 1.807) is 0 Å². The average Bonchev–Trinajstić information content (AvgIpc) is 3.41. The SMILES string of the molecule is O=C1CN(CCCS(=O)N2CCCC2C(O)(c2ccccc2)c2ccccc2)C(=O)N1. The van der Waals surface area contributed by atoms with Crippen LogP contribution in [0.3, 0.4) is 0 Å². The Labute approximate surface area is 184 Å². The second kappa shape index (κ2) is 9.30. The fourth-order valence-corrected chi connectivity index (χ4v) is 5.98. The zero-order chi connectivity index (χ0) is 21.8. The molecule has 2 saturated heterocycles. The molecular formula is C23H27N3O4S. The lowest BCUT2D eigenvalue weighted by Gasteiger charge is -2.39. The molecule has 2 aromatic carbocycles. The molecule has 164 valence electrons.